The van der Waals surface area contributed by atoms with E-state index in [4.69, 9.17) is 4.74 Å². The fourth-order valence-corrected chi connectivity index (χ4v) is 4.86. The molecule has 0 spiro atoms. The van der Waals surface area contributed by atoms with Crippen molar-refractivity contribution in [1.82, 2.24) is 4.31 Å². The van der Waals surface area contributed by atoms with Crippen LogP contribution < -0.4 is 0 Å². The lowest BCUT2D eigenvalue weighted by Crippen LogP contribution is -2.47. The monoisotopic (exact) mass is 319 g/mol. The van der Waals surface area contributed by atoms with Crippen LogP contribution in [0.4, 0.5) is 0 Å². The highest BCUT2D eigenvalue weighted by Crippen LogP contribution is 2.43. The quantitative estimate of drug-likeness (QED) is 0.741. The summed E-state index contributed by atoms with van der Waals surface area (Å²) in [7, 11) is -0.686. The van der Waals surface area contributed by atoms with Crippen molar-refractivity contribution in [3.05, 3.63) is 47.6 Å². The Morgan fingerprint density at radius 1 is 1.23 bits per heavy atom. The third kappa shape index (κ3) is 1.94. The molecule has 1 aliphatic carbocycles. The number of methoxy groups -OCH3 is 1. The molecule has 6 heteroatoms. The van der Waals surface area contributed by atoms with Gasteiger partial charge in [0.2, 0.25) is 10.0 Å². The zero-order valence-electron chi connectivity index (χ0n) is 12.6. The molecule has 2 atom stereocenters. The van der Waals surface area contributed by atoms with Crippen molar-refractivity contribution < 1.29 is 17.9 Å². The van der Waals surface area contributed by atoms with E-state index in [9.17, 15) is 13.2 Å². The normalized spacial score (nSPS) is 26.3. The van der Waals surface area contributed by atoms with E-state index in [1.165, 1.54) is 11.4 Å². The first-order chi connectivity index (χ1) is 10.4. The van der Waals surface area contributed by atoms with Crippen LogP contribution in [0.3, 0.4) is 0 Å². The van der Waals surface area contributed by atoms with Gasteiger partial charge >= 0.3 is 5.97 Å². The topological polar surface area (TPSA) is 63.7 Å². The highest BCUT2D eigenvalue weighted by Gasteiger charge is 2.44. The van der Waals surface area contributed by atoms with Crippen molar-refractivity contribution in [1.29, 1.82) is 0 Å². The van der Waals surface area contributed by atoms with Crippen molar-refractivity contribution in [2.24, 2.45) is 5.92 Å². The standard InChI is InChI=1S/C16H17NO4S/c1-10-11(16(18)21-3)8-9-13-12-6-4-5-7-14(12)22(19,20)17(2)15(10)13/h4-10,15H,1-3H3/t10-,15+/m1/s1. The average molecular weight is 319 g/mol. The van der Waals surface area contributed by atoms with Gasteiger partial charge in [-0.2, -0.15) is 4.31 Å². The molecule has 1 aromatic carbocycles. The van der Waals surface area contributed by atoms with Crippen LogP contribution in [-0.2, 0) is 19.6 Å². The Balaban J connectivity index is 2.24. The van der Waals surface area contributed by atoms with E-state index in [2.05, 4.69) is 0 Å². The fourth-order valence-electron chi connectivity index (χ4n) is 3.24. The van der Waals surface area contributed by atoms with Crippen molar-refractivity contribution in [3.8, 4) is 0 Å². The van der Waals surface area contributed by atoms with Crippen LogP contribution in [0.2, 0.25) is 0 Å². The van der Waals surface area contributed by atoms with Crippen LogP contribution in [0.25, 0.3) is 5.57 Å². The average Bonchev–Trinajstić information content (AvgIpc) is 2.52. The summed E-state index contributed by atoms with van der Waals surface area (Å²) in [6.07, 6.45) is 3.55. The maximum Gasteiger partial charge on any atom is 0.334 e. The minimum Gasteiger partial charge on any atom is -0.466 e. The summed E-state index contributed by atoms with van der Waals surface area (Å²) in [5.74, 6) is -0.701. The Kier molecular flexibility index (Phi) is 3.45. The minimum atomic E-state index is -3.57. The Labute approximate surface area is 129 Å². The number of fused-ring (bicyclic) bond motifs is 3. The van der Waals surface area contributed by atoms with Crippen LogP contribution in [0.15, 0.2) is 46.9 Å². The Hall–Kier alpha value is -1.92. The van der Waals surface area contributed by atoms with Gasteiger partial charge in [-0.1, -0.05) is 37.3 Å². The molecule has 0 saturated carbocycles. The van der Waals surface area contributed by atoms with Gasteiger partial charge < -0.3 is 4.74 Å². The molecule has 3 rings (SSSR count). The summed E-state index contributed by atoms with van der Waals surface area (Å²) >= 11 is 0. The van der Waals surface area contributed by atoms with Crippen LogP contribution in [-0.4, -0.2) is 38.9 Å². The summed E-state index contributed by atoms with van der Waals surface area (Å²) < 4.78 is 31.6. The second-order valence-corrected chi connectivity index (χ2v) is 7.45. The van der Waals surface area contributed by atoms with Gasteiger partial charge in [0, 0.05) is 18.5 Å². The van der Waals surface area contributed by atoms with E-state index < -0.39 is 22.0 Å². The second kappa shape index (κ2) is 5.07. The predicted octanol–water partition coefficient (Wildman–Crippen LogP) is 1.82. The molecule has 0 fully saturated rings. The smallest absolute Gasteiger partial charge is 0.334 e. The van der Waals surface area contributed by atoms with Gasteiger partial charge in [-0.3, -0.25) is 0 Å². The molecule has 116 valence electrons. The second-order valence-electron chi connectivity index (χ2n) is 5.49. The zero-order valence-corrected chi connectivity index (χ0v) is 13.4. The molecule has 0 saturated heterocycles. The first-order valence-corrected chi connectivity index (χ1v) is 8.41. The highest BCUT2D eigenvalue weighted by atomic mass is 32.2. The van der Waals surface area contributed by atoms with Gasteiger partial charge in [0.05, 0.1) is 18.0 Å². The van der Waals surface area contributed by atoms with Crippen LogP contribution in [0.1, 0.15) is 12.5 Å². The van der Waals surface area contributed by atoms with Crippen LogP contribution in [0.5, 0.6) is 0 Å². The number of hydrogen-bond donors (Lipinski definition) is 0. The third-order valence-corrected chi connectivity index (χ3v) is 6.29. The highest BCUT2D eigenvalue weighted by molar-refractivity contribution is 7.89. The molecule has 1 heterocycles. The molecule has 1 aliphatic heterocycles. The number of ether oxygens (including phenoxy) is 1. The summed E-state index contributed by atoms with van der Waals surface area (Å²) in [6, 6.07) is 6.55. The van der Waals surface area contributed by atoms with Gasteiger partial charge in [0.15, 0.2) is 0 Å². The molecule has 1 aromatic rings. The Morgan fingerprint density at radius 2 is 1.91 bits per heavy atom. The van der Waals surface area contributed by atoms with Gasteiger partial charge in [-0.15, -0.1) is 0 Å². The molecule has 0 aromatic heterocycles. The Bertz CT molecular complexity index is 807. The minimum absolute atomic E-state index is 0.277. The number of allylic oxidation sites excluding steroid dienone is 2. The van der Waals surface area contributed by atoms with Crippen molar-refractivity contribution in [2.45, 2.75) is 17.9 Å². The first kappa shape index (κ1) is 15.0. The number of esters is 1. The molecule has 0 radical (unpaired) electrons. The summed E-state index contributed by atoms with van der Waals surface area (Å²) in [4.78, 5) is 12.2. The molecule has 5 nitrogen and oxygen atoms in total. The molecule has 0 N–H and O–H groups in total. The van der Waals surface area contributed by atoms with E-state index in [1.54, 1.807) is 25.3 Å². The summed E-state index contributed by atoms with van der Waals surface area (Å²) in [5.41, 5.74) is 2.10. The number of rotatable bonds is 1. The lowest BCUT2D eigenvalue weighted by Gasteiger charge is -2.40. The van der Waals surface area contributed by atoms with Crippen molar-refractivity contribution >= 4 is 21.6 Å². The lowest BCUT2D eigenvalue weighted by molar-refractivity contribution is -0.136. The fraction of sp³-hybridized carbons (Fsp3) is 0.312. The predicted molar refractivity (Wildman–Crippen MR) is 82.4 cm³/mol. The number of carbonyl (C=O) groups excluding carboxylic acids is 1. The molecular weight excluding hydrogens is 302 g/mol. The van der Waals surface area contributed by atoms with E-state index in [0.29, 0.717) is 16.0 Å². The zero-order chi connectivity index (χ0) is 16.1. The summed E-state index contributed by atoms with van der Waals surface area (Å²) in [6.45, 7) is 1.85. The molecular formula is C16H17NO4S. The molecule has 0 unspecified atom stereocenters. The number of hydrogen-bond acceptors (Lipinski definition) is 4. The first-order valence-electron chi connectivity index (χ1n) is 6.97. The number of carbonyl (C=O) groups is 1. The lowest BCUT2D eigenvalue weighted by atomic mass is 9.80. The Morgan fingerprint density at radius 3 is 2.59 bits per heavy atom. The third-order valence-electron chi connectivity index (χ3n) is 4.39. The molecule has 22 heavy (non-hydrogen) atoms. The maximum atomic E-state index is 12.7. The summed E-state index contributed by atoms with van der Waals surface area (Å²) in [5, 5.41) is 0. The number of benzene rings is 1. The van der Waals surface area contributed by atoms with Crippen LogP contribution in [0, 0.1) is 5.92 Å². The maximum absolute atomic E-state index is 12.7. The molecule has 0 amide bonds. The van der Waals surface area contributed by atoms with E-state index >= 15 is 0 Å². The number of sulfonamides is 1. The van der Waals surface area contributed by atoms with E-state index in [0.717, 1.165) is 5.57 Å². The van der Waals surface area contributed by atoms with Crippen molar-refractivity contribution in [3.63, 3.8) is 0 Å². The van der Waals surface area contributed by atoms with Gasteiger partial charge in [0.25, 0.3) is 0 Å². The van der Waals surface area contributed by atoms with E-state index in [-0.39, 0.29) is 5.92 Å². The number of likely N-dealkylation sites (N-methyl/N-ethyl adjacent to an activating group) is 1. The largest absolute Gasteiger partial charge is 0.466 e. The van der Waals surface area contributed by atoms with Gasteiger partial charge in [-0.25, -0.2) is 13.2 Å². The number of nitrogens with zero attached hydrogens (tertiary/aromatic N) is 1. The van der Waals surface area contributed by atoms with Gasteiger partial charge in [-0.05, 0) is 17.2 Å². The molecule has 2 aliphatic rings. The van der Waals surface area contributed by atoms with E-state index in [1.807, 2.05) is 25.1 Å². The van der Waals surface area contributed by atoms with Gasteiger partial charge in [0.1, 0.15) is 0 Å². The van der Waals surface area contributed by atoms with Crippen LogP contribution >= 0.6 is 0 Å². The molecule has 0 bridgehead atoms. The van der Waals surface area contributed by atoms with Crippen molar-refractivity contribution in [2.75, 3.05) is 14.2 Å². The SMILES string of the molecule is COC(=O)C1=CC=C2c3ccccc3S(=O)(=O)N(C)[C@H]2[C@@H]1C.